The number of nitrogens with two attached hydrogens (primary N) is 1. The average Bonchev–Trinajstić information content (AvgIpc) is 3.15. The third-order valence-corrected chi connectivity index (χ3v) is 6.26. The number of hydrogen-bond donors (Lipinski definition) is 2. The average molecular weight is 440 g/mol. The number of ether oxygens (including phenoxy) is 1. The van der Waals surface area contributed by atoms with E-state index in [1.165, 1.54) is 17.5 Å². The van der Waals surface area contributed by atoms with Crippen molar-refractivity contribution in [3.05, 3.63) is 94.8 Å². The van der Waals surface area contributed by atoms with Gasteiger partial charge in [0.15, 0.2) is 0 Å². The van der Waals surface area contributed by atoms with E-state index in [1.54, 1.807) is 48.0 Å². The molecular formula is C27H25N3O3. The van der Waals surface area contributed by atoms with Crippen LogP contribution in [0.2, 0.25) is 0 Å². The van der Waals surface area contributed by atoms with E-state index in [0.29, 0.717) is 28.2 Å². The van der Waals surface area contributed by atoms with Crippen LogP contribution in [0.4, 0.5) is 11.4 Å². The zero-order valence-electron chi connectivity index (χ0n) is 18.4. The number of anilines is 2. The number of nitrogen functional groups attached to an aromatic ring is 1. The smallest absolute Gasteiger partial charge is 0.259 e. The van der Waals surface area contributed by atoms with Gasteiger partial charge in [-0.1, -0.05) is 24.3 Å². The summed E-state index contributed by atoms with van der Waals surface area (Å²) in [7, 11) is 1.57. The maximum Gasteiger partial charge on any atom is 0.259 e. The number of nitrogens with zero attached hydrogens (tertiary/aromatic N) is 1. The number of nitrogens with one attached hydrogen (secondary N) is 1. The summed E-state index contributed by atoms with van der Waals surface area (Å²) in [5.41, 5.74) is 11.5. The zero-order chi connectivity index (χ0) is 22.9. The summed E-state index contributed by atoms with van der Waals surface area (Å²) in [6, 6.07) is 18.4. The minimum absolute atomic E-state index is 0.171. The SMILES string of the molecule is COc1cccc(NC(=O)c2c(N)c(C(=O)c3ccc4c(c3)CCCC4)n3ccccc23)c1. The molecule has 33 heavy (non-hydrogen) atoms. The number of aryl methyl sites for hydroxylation is 2. The number of aromatic nitrogens is 1. The topological polar surface area (TPSA) is 85.8 Å². The van der Waals surface area contributed by atoms with Crippen molar-refractivity contribution < 1.29 is 14.3 Å². The maximum atomic E-state index is 13.6. The van der Waals surface area contributed by atoms with Gasteiger partial charge in [0.25, 0.3) is 5.91 Å². The van der Waals surface area contributed by atoms with Crippen molar-refractivity contribution in [1.29, 1.82) is 0 Å². The van der Waals surface area contributed by atoms with Crippen molar-refractivity contribution in [3.8, 4) is 5.75 Å². The molecule has 6 nitrogen and oxygen atoms in total. The van der Waals surface area contributed by atoms with Gasteiger partial charge in [0.2, 0.25) is 5.78 Å². The minimum Gasteiger partial charge on any atom is -0.497 e. The summed E-state index contributed by atoms with van der Waals surface area (Å²) in [4.78, 5) is 26.9. The van der Waals surface area contributed by atoms with E-state index in [1.807, 2.05) is 30.3 Å². The van der Waals surface area contributed by atoms with E-state index in [2.05, 4.69) is 5.32 Å². The quantitative estimate of drug-likeness (QED) is 0.434. The summed E-state index contributed by atoms with van der Waals surface area (Å²) in [6.07, 6.45) is 6.11. The molecule has 0 saturated carbocycles. The molecule has 0 spiro atoms. The number of amides is 1. The van der Waals surface area contributed by atoms with Crippen LogP contribution in [0.1, 0.15) is 50.4 Å². The van der Waals surface area contributed by atoms with Gasteiger partial charge < -0.3 is 20.2 Å². The Morgan fingerprint density at radius 1 is 0.970 bits per heavy atom. The number of ketones is 1. The molecule has 0 bridgehead atoms. The second kappa shape index (κ2) is 8.47. The van der Waals surface area contributed by atoms with Gasteiger partial charge in [0.1, 0.15) is 11.4 Å². The van der Waals surface area contributed by atoms with Crippen LogP contribution in [0, 0.1) is 0 Å². The highest BCUT2D eigenvalue weighted by Gasteiger charge is 2.26. The van der Waals surface area contributed by atoms with Gasteiger partial charge in [0, 0.05) is 23.5 Å². The van der Waals surface area contributed by atoms with Gasteiger partial charge in [-0.25, -0.2) is 0 Å². The fourth-order valence-electron chi connectivity index (χ4n) is 4.60. The van der Waals surface area contributed by atoms with Crippen molar-refractivity contribution in [2.75, 3.05) is 18.2 Å². The lowest BCUT2D eigenvalue weighted by atomic mass is 9.89. The van der Waals surface area contributed by atoms with Gasteiger partial charge in [-0.05, 0) is 67.1 Å². The third kappa shape index (κ3) is 3.74. The second-order valence-electron chi connectivity index (χ2n) is 8.30. The van der Waals surface area contributed by atoms with Crippen LogP contribution in [0.25, 0.3) is 5.52 Å². The Hall–Kier alpha value is -4.06. The van der Waals surface area contributed by atoms with Crippen LogP contribution in [-0.4, -0.2) is 23.2 Å². The summed E-state index contributed by atoms with van der Waals surface area (Å²) in [6.45, 7) is 0. The third-order valence-electron chi connectivity index (χ3n) is 6.26. The van der Waals surface area contributed by atoms with Crippen LogP contribution >= 0.6 is 0 Å². The predicted molar refractivity (Wildman–Crippen MR) is 129 cm³/mol. The first kappa shape index (κ1) is 20.8. The maximum absolute atomic E-state index is 13.6. The molecule has 1 aliphatic carbocycles. The van der Waals surface area contributed by atoms with Crippen LogP contribution in [0.5, 0.6) is 5.75 Å². The van der Waals surface area contributed by atoms with E-state index in [-0.39, 0.29) is 22.9 Å². The van der Waals surface area contributed by atoms with Crippen LogP contribution in [0.15, 0.2) is 66.9 Å². The normalized spacial score (nSPS) is 12.9. The molecule has 0 unspecified atom stereocenters. The summed E-state index contributed by atoms with van der Waals surface area (Å²) >= 11 is 0. The molecule has 2 aromatic carbocycles. The molecule has 0 atom stereocenters. The summed E-state index contributed by atoms with van der Waals surface area (Å²) in [5.74, 6) is 0.0576. The van der Waals surface area contributed by atoms with Crippen molar-refractivity contribution in [2.24, 2.45) is 0 Å². The number of rotatable bonds is 5. The number of pyridine rings is 1. The highest BCUT2D eigenvalue weighted by molar-refractivity contribution is 6.20. The summed E-state index contributed by atoms with van der Waals surface area (Å²) < 4.78 is 6.94. The molecule has 1 aliphatic rings. The van der Waals surface area contributed by atoms with Gasteiger partial charge in [-0.3, -0.25) is 9.59 Å². The number of benzene rings is 2. The Kier molecular flexibility index (Phi) is 5.34. The van der Waals surface area contributed by atoms with E-state index < -0.39 is 0 Å². The molecule has 5 rings (SSSR count). The second-order valence-corrected chi connectivity index (χ2v) is 8.30. The molecule has 4 aromatic rings. The molecule has 3 N–H and O–H groups in total. The zero-order valence-corrected chi connectivity index (χ0v) is 18.4. The van der Waals surface area contributed by atoms with Crippen molar-refractivity contribution in [2.45, 2.75) is 25.7 Å². The fraction of sp³-hybridized carbons (Fsp3) is 0.185. The first-order chi connectivity index (χ1) is 16.1. The molecule has 0 fully saturated rings. The van der Waals surface area contributed by atoms with Crippen molar-refractivity contribution >= 4 is 28.6 Å². The Morgan fingerprint density at radius 3 is 2.61 bits per heavy atom. The highest BCUT2D eigenvalue weighted by atomic mass is 16.5. The molecule has 2 heterocycles. The Balaban J connectivity index is 1.56. The van der Waals surface area contributed by atoms with Gasteiger partial charge in [-0.2, -0.15) is 0 Å². The summed E-state index contributed by atoms with van der Waals surface area (Å²) in [5, 5.41) is 2.88. The molecule has 2 aromatic heterocycles. The van der Waals surface area contributed by atoms with Crippen LogP contribution in [-0.2, 0) is 12.8 Å². The Morgan fingerprint density at radius 2 is 1.79 bits per heavy atom. The Labute approximate surface area is 192 Å². The Bertz CT molecular complexity index is 1390. The lowest BCUT2D eigenvalue weighted by Crippen LogP contribution is -2.14. The first-order valence-corrected chi connectivity index (χ1v) is 11.1. The molecular weight excluding hydrogens is 414 g/mol. The number of methoxy groups -OCH3 is 1. The monoisotopic (exact) mass is 439 g/mol. The van der Waals surface area contributed by atoms with Crippen molar-refractivity contribution in [1.82, 2.24) is 4.40 Å². The number of carbonyl (C=O) groups is 2. The standard InChI is InChI=1S/C27H25N3O3/c1-33-21-10-6-9-20(16-21)29-27(32)23-22-11-4-5-14-30(22)25(24(23)28)26(31)19-13-12-17-7-2-3-8-18(17)15-19/h4-6,9-16H,2-3,7-8,28H2,1H3,(H,29,32). The van der Waals surface area contributed by atoms with Crippen LogP contribution in [0.3, 0.4) is 0 Å². The van der Waals surface area contributed by atoms with Crippen LogP contribution < -0.4 is 15.8 Å². The highest BCUT2D eigenvalue weighted by Crippen LogP contribution is 2.31. The molecule has 1 amide bonds. The molecule has 0 aliphatic heterocycles. The molecule has 0 saturated heterocycles. The molecule has 166 valence electrons. The van der Waals surface area contributed by atoms with E-state index in [0.717, 1.165) is 19.3 Å². The largest absolute Gasteiger partial charge is 0.497 e. The van der Waals surface area contributed by atoms with E-state index >= 15 is 0 Å². The van der Waals surface area contributed by atoms with Gasteiger partial charge in [0.05, 0.1) is 23.9 Å². The first-order valence-electron chi connectivity index (χ1n) is 11.1. The van der Waals surface area contributed by atoms with Gasteiger partial charge >= 0.3 is 0 Å². The van der Waals surface area contributed by atoms with E-state index in [9.17, 15) is 9.59 Å². The molecule has 0 radical (unpaired) electrons. The molecule has 6 heteroatoms. The number of hydrogen-bond acceptors (Lipinski definition) is 4. The predicted octanol–water partition coefficient (Wildman–Crippen LogP) is 4.89. The van der Waals surface area contributed by atoms with Crippen molar-refractivity contribution in [3.63, 3.8) is 0 Å². The number of carbonyl (C=O) groups excluding carboxylic acids is 2. The minimum atomic E-state index is -0.381. The lowest BCUT2D eigenvalue weighted by molar-refractivity contribution is 0.102. The fourth-order valence-corrected chi connectivity index (χ4v) is 4.60. The van der Waals surface area contributed by atoms with E-state index in [4.69, 9.17) is 10.5 Å². The lowest BCUT2D eigenvalue weighted by Gasteiger charge is -2.16. The van der Waals surface area contributed by atoms with Gasteiger partial charge in [-0.15, -0.1) is 0 Å². The number of fused-ring (bicyclic) bond motifs is 2.